The summed E-state index contributed by atoms with van der Waals surface area (Å²) in [4.78, 5) is 27.2. The molecule has 2 unspecified atom stereocenters. The van der Waals surface area contributed by atoms with Crippen LogP contribution in [0.1, 0.15) is 44.7 Å². The lowest BCUT2D eigenvalue weighted by Gasteiger charge is -2.40. The Hall–Kier alpha value is -2.08. The summed E-state index contributed by atoms with van der Waals surface area (Å²) in [7, 11) is 0. The van der Waals surface area contributed by atoms with Crippen LogP contribution in [0.4, 0.5) is 4.79 Å². The van der Waals surface area contributed by atoms with E-state index in [1.165, 1.54) is 0 Å². The number of benzene rings is 1. The molecular formula is C20H30N2O4. The minimum atomic E-state index is -0.589. The van der Waals surface area contributed by atoms with Crippen LogP contribution in [0, 0.1) is 6.92 Å². The normalized spacial score (nSPS) is 19.0. The molecule has 0 aliphatic carbocycles. The van der Waals surface area contributed by atoms with Gasteiger partial charge in [-0.3, -0.25) is 4.79 Å². The number of nitrogens with zero attached hydrogens (tertiary/aromatic N) is 1. The maximum Gasteiger partial charge on any atom is 0.410 e. The van der Waals surface area contributed by atoms with Crippen LogP contribution in [0.5, 0.6) is 0 Å². The molecule has 0 aromatic heterocycles. The summed E-state index contributed by atoms with van der Waals surface area (Å²) in [6.07, 6.45) is -0.396. The molecule has 6 nitrogen and oxygen atoms in total. The van der Waals surface area contributed by atoms with Crippen LogP contribution < -0.4 is 5.32 Å². The van der Waals surface area contributed by atoms with E-state index in [0.717, 1.165) is 11.1 Å². The molecule has 2 rings (SSSR count). The fourth-order valence-electron chi connectivity index (χ4n) is 3.23. The summed E-state index contributed by atoms with van der Waals surface area (Å²) in [5.41, 5.74) is 1.29. The summed E-state index contributed by atoms with van der Waals surface area (Å²) in [6, 6.07) is 7.38. The van der Waals surface area contributed by atoms with Crippen molar-refractivity contribution in [1.82, 2.24) is 10.2 Å². The number of amides is 1. The summed E-state index contributed by atoms with van der Waals surface area (Å²) in [5, 5.41) is 3.29. The third kappa shape index (κ3) is 4.97. The van der Waals surface area contributed by atoms with Gasteiger partial charge < -0.3 is 19.7 Å². The first-order chi connectivity index (χ1) is 12.2. The quantitative estimate of drug-likeness (QED) is 0.834. The number of hydrogen-bond acceptors (Lipinski definition) is 5. The van der Waals surface area contributed by atoms with Gasteiger partial charge in [-0.1, -0.05) is 24.3 Å². The summed E-state index contributed by atoms with van der Waals surface area (Å²) in [6.45, 7) is 11.2. The molecule has 2 atom stereocenters. The number of esters is 1. The van der Waals surface area contributed by atoms with Crippen LogP contribution in [0.2, 0.25) is 0 Å². The van der Waals surface area contributed by atoms with Gasteiger partial charge in [-0.15, -0.1) is 0 Å². The van der Waals surface area contributed by atoms with Gasteiger partial charge in [0.05, 0.1) is 12.6 Å². The zero-order valence-electron chi connectivity index (χ0n) is 16.4. The maximum absolute atomic E-state index is 12.8. The minimum absolute atomic E-state index is 0.299. The van der Waals surface area contributed by atoms with Gasteiger partial charge >= 0.3 is 12.1 Å². The summed E-state index contributed by atoms with van der Waals surface area (Å²) >= 11 is 0. The molecule has 1 N–H and O–H groups in total. The van der Waals surface area contributed by atoms with E-state index in [-0.39, 0.29) is 12.0 Å². The first-order valence-corrected chi connectivity index (χ1v) is 9.17. The SMILES string of the molecule is CCOC(=O)C(c1ccccc1C)C1CNCCN1C(=O)OC(C)(C)C. The van der Waals surface area contributed by atoms with Crippen molar-refractivity contribution in [2.75, 3.05) is 26.2 Å². The third-order valence-corrected chi connectivity index (χ3v) is 4.36. The molecule has 0 radical (unpaired) electrons. The van der Waals surface area contributed by atoms with Crippen LogP contribution >= 0.6 is 0 Å². The molecule has 1 aromatic carbocycles. The number of rotatable bonds is 4. The number of carbonyl (C=O) groups is 2. The molecule has 144 valence electrons. The molecule has 0 bridgehead atoms. The monoisotopic (exact) mass is 362 g/mol. The van der Waals surface area contributed by atoms with Gasteiger partial charge in [0, 0.05) is 19.6 Å². The number of carbonyl (C=O) groups excluding carboxylic acids is 2. The van der Waals surface area contributed by atoms with E-state index in [1.54, 1.807) is 11.8 Å². The molecule has 1 aromatic rings. The second-order valence-corrected chi connectivity index (χ2v) is 7.53. The van der Waals surface area contributed by atoms with E-state index in [9.17, 15) is 9.59 Å². The highest BCUT2D eigenvalue weighted by atomic mass is 16.6. The molecule has 1 aliphatic rings. The molecule has 1 aliphatic heterocycles. The van der Waals surface area contributed by atoms with E-state index in [4.69, 9.17) is 9.47 Å². The molecule has 26 heavy (non-hydrogen) atoms. The maximum atomic E-state index is 12.8. The Bertz CT molecular complexity index is 639. The summed E-state index contributed by atoms with van der Waals surface area (Å²) in [5.74, 6) is -0.875. The number of aryl methyl sites for hydroxylation is 1. The topological polar surface area (TPSA) is 67.9 Å². The zero-order chi connectivity index (χ0) is 19.3. The Morgan fingerprint density at radius 3 is 2.62 bits per heavy atom. The van der Waals surface area contributed by atoms with Crippen molar-refractivity contribution < 1.29 is 19.1 Å². The first-order valence-electron chi connectivity index (χ1n) is 9.17. The van der Waals surface area contributed by atoms with Gasteiger partial charge in [0.25, 0.3) is 0 Å². The number of nitrogens with one attached hydrogen (secondary N) is 1. The Kier molecular flexibility index (Phi) is 6.64. The fraction of sp³-hybridized carbons (Fsp3) is 0.600. The third-order valence-electron chi connectivity index (χ3n) is 4.36. The van der Waals surface area contributed by atoms with Gasteiger partial charge in [-0.25, -0.2) is 4.79 Å². The minimum Gasteiger partial charge on any atom is -0.465 e. The predicted molar refractivity (Wildman–Crippen MR) is 100 cm³/mol. The van der Waals surface area contributed by atoms with E-state index in [1.807, 2.05) is 52.0 Å². The van der Waals surface area contributed by atoms with Gasteiger partial charge in [0.1, 0.15) is 11.5 Å². The Morgan fingerprint density at radius 1 is 1.31 bits per heavy atom. The van der Waals surface area contributed by atoms with E-state index < -0.39 is 17.6 Å². The average molecular weight is 362 g/mol. The summed E-state index contributed by atoms with van der Waals surface area (Å²) < 4.78 is 10.9. The second kappa shape index (κ2) is 8.54. The van der Waals surface area contributed by atoms with Crippen LogP contribution in [0.3, 0.4) is 0 Å². The van der Waals surface area contributed by atoms with E-state index in [0.29, 0.717) is 26.2 Å². The van der Waals surface area contributed by atoms with Crippen molar-refractivity contribution in [3.63, 3.8) is 0 Å². The predicted octanol–water partition coefficient (Wildman–Crippen LogP) is 2.85. The van der Waals surface area contributed by atoms with Crippen LogP contribution in [0.25, 0.3) is 0 Å². The lowest BCUT2D eigenvalue weighted by Crippen LogP contribution is -2.58. The molecule has 1 heterocycles. The lowest BCUT2D eigenvalue weighted by atomic mass is 9.86. The molecule has 1 saturated heterocycles. The van der Waals surface area contributed by atoms with Gasteiger partial charge in [0.2, 0.25) is 0 Å². The van der Waals surface area contributed by atoms with Crippen molar-refractivity contribution in [2.24, 2.45) is 0 Å². The van der Waals surface area contributed by atoms with Crippen LogP contribution in [-0.4, -0.2) is 54.8 Å². The molecule has 1 fully saturated rings. The standard InChI is InChI=1S/C20H30N2O4/c1-6-25-18(23)17(15-10-8-7-9-14(15)2)16-13-21-11-12-22(16)19(24)26-20(3,4)5/h7-10,16-17,21H,6,11-13H2,1-5H3. The van der Waals surface area contributed by atoms with E-state index >= 15 is 0 Å². The second-order valence-electron chi connectivity index (χ2n) is 7.53. The number of ether oxygens (including phenoxy) is 2. The van der Waals surface area contributed by atoms with Crippen molar-refractivity contribution >= 4 is 12.1 Å². The highest BCUT2D eigenvalue weighted by molar-refractivity contribution is 5.81. The molecule has 6 heteroatoms. The largest absolute Gasteiger partial charge is 0.465 e. The Labute approximate surface area is 155 Å². The van der Waals surface area contributed by atoms with E-state index in [2.05, 4.69) is 5.32 Å². The van der Waals surface area contributed by atoms with Gasteiger partial charge in [-0.2, -0.15) is 0 Å². The molecule has 0 saturated carbocycles. The Morgan fingerprint density at radius 2 is 2.00 bits per heavy atom. The smallest absolute Gasteiger partial charge is 0.410 e. The van der Waals surface area contributed by atoms with Crippen molar-refractivity contribution in [3.8, 4) is 0 Å². The number of hydrogen-bond donors (Lipinski definition) is 1. The first kappa shape index (κ1) is 20.2. The fourth-order valence-corrected chi connectivity index (χ4v) is 3.23. The highest BCUT2D eigenvalue weighted by Crippen LogP contribution is 2.29. The lowest BCUT2D eigenvalue weighted by molar-refractivity contribution is -0.146. The van der Waals surface area contributed by atoms with Crippen LogP contribution in [0.15, 0.2) is 24.3 Å². The van der Waals surface area contributed by atoms with Crippen molar-refractivity contribution in [1.29, 1.82) is 0 Å². The van der Waals surface area contributed by atoms with Crippen molar-refractivity contribution in [2.45, 2.75) is 52.2 Å². The van der Waals surface area contributed by atoms with Crippen molar-refractivity contribution in [3.05, 3.63) is 35.4 Å². The van der Waals surface area contributed by atoms with Gasteiger partial charge in [-0.05, 0) is 45.7 Å². The molecular weight excluding hydrogens is 332 g/mol. The van der Waals surface area contributed by atoms with Crippen LogP contribution in [-0.2, 0) is 14.3 Å². The average Bonchev–Trinajstić information content (AvgIpc) is 2.56. The van der Waals surface area contributed by atoms with Gasteiger partial charge in [0.15, 0.2) is 0 Å². The number of piperazine rings is 1. The highest BCUT2D eigenvalue weighted by Gasteiger charge is 2.40. The Balaban J connectivity index is 2.38. The molecule has 1 amide bonds. The molecule has 0 spiro atoms. The zero-order valence-corrected chi connectivity index (χ0v) is 16.4.